The Labute approximate surface area is 96.4 Å². The number of anilines is 2. The normalized spacial score (nSPS) is 12.2. The molecule has 1 aromatic carbocycles. The van der Waals surface area contributed by atoms with Crippen LogP contribution in [0.3, 0.4) is 0 Å². The van der Waals surface area contributed by atoms with Gasteiger partial charge in [-0.3, -0.25) is 0 Å². The summed E-state index contributed by atoms with van der Waals surface area (Å²) >= 11 is 0. The summed E-state index contributed by atoms with van der Waals surface area (Å²) in [4.78, 5) is 0. The van der Waals surface area contributed by atoms with Gasteiger partial charge in [-0.1, -0.05) is 6.92 Å². The standard InChI is InChI=1S/C12H20N2O2/c1-3-6-16-12-7-10(4-5-11(12)13)14-9(2)8-15/h4-5,7,9,14-15H,3,6,8,13H2,1-2H3. The summed E-state index contributed by atoms with van der Waals surface area (Å²) in [7, 11) is 0. The Morgan fingerprint density at radius 2 is 2.25 bits per heavy atom. The van der Waals surface area contributed by atoms with E-state index < -0.39 is 0 Å². The SMILES string of the molecule is CCCOc1cc(NC(C)CO)ccc1N. The zero-order valence-electron chi connectivity index (χ0n) is 9.86. The van der Waals surface area contributed by atoms with E-state index in [0.717, 1.165) is 12.1 Å². The number of ether oxygens (including phenoxy) is 1. The third kappa shape index (κ3) is 3.62. The summed E-state index contributed by atoms with van der Waals surface area (Å²) in [5, 5.41) is 12.1. The monoisotopic (exact) mass is 224 g/mol. The van der Waals surface area contributed by atoms with Crippen molar-refractivity contribution >= 4 is 11.4 Å². The van der Waals surface area contributed by atoms with E-state index in [-0.39, 0.29) is 12.6 Å². The van der Waals surface area contributed by atoms with Gasteiger partial charge in [0.2, 0.25) is 0 Å². The third-order valence-corrected chi connectivity index (χ3v) is 2.16. The summed E-state index contributed by atoms with van der Waals surface area (Å²) in [5.74, 6) is 0.692. The maximum Gasteiger partial charge on any atom is 0.144 e. The molecule has 4 heteroatoms. The van der Waals surface area contributed by atoms with Gasteiger partial charge in [0.1, 0.15) is 5.75 Å². The molecule has 0 radical (unpaired) electrons. The number of rotatable bonds is 6. The van der Waals surface area contributed by atoms with E-state index in [1.807, 2.05) is 26.0 Å². The molecule has 1 aromatic rings. The highest BCUT2D eigenvalue weighted by Gasteiger charge is 2.04. The van der Waals surface area contributed by atoms with Crippen LogP contribution in [0, 0.1) is 0 Å². The Bertz CT molecular complexity index is 329. The first kappa shape index (κ1) is 12.6. The molecule has 1 atom stereocenters. The van der Waals surface area contributed by atoms with Crippen LogP contribution in [0.5, 0.6) is 5.75 Å². The second kappa shape index (κ2) is 6.23. The molecule has 0 aromatic heterocycles. The minimum atomic E-state index is 0.0163. The number of hydrogen-bond donors (Lipinski definition) is 3. The van der Waals surface area contributed by atoms with E-state index >= 15 is 0 Å². The molecule has 0 saturated heterocycles. The molecule has 0 saturated carbocycles. The van der Waals surface area contributed by atoms with Crippen molar-refractivity contribution in [1.29, 1.82) is 0 Å². The molecular weight excluding hydrogens is 204 g/mol. The number of nitrogen functional groups attached to an aromatic ring is 1. The maximum absolute atomic E-state index is 8.94. The second-order valence-electron chi connectivity index (χ2n) is 3.83. The van der Waals surface area contributed by atoms with Crippen molar-refractivity contribution in [2.75, 3.05) is 24.3 Å². The van der Waals surface area contributed by atoms with Crippen LogP contribution >= 0.6 is 0 Å². The minimum absolute atomic E-state index is 0.0163. The van der Waals surface area contributed by atoms with Gasteiger partial charge in [-0.15, -0.1) is 0 Å². The Morgan fingerprint density at radius 1 is 1.50 bits per heavy atom. The van der Waals surface area contributed by atoms with Crippen LogP contribution < -0.4 is 15.8 Å². The first-order valence-electron chi connectivity index (χ1n) is 5.57. The summed E-state index contributed by atoms with van der Waals surface area (Å²) < 4.78 is 5.51. The number of aliphatic hydroxyl groups excluding tert-OH is 1. The lowest BCUT2D eigenvalue weighted by Crippen LogP contribution is -2.19. The van der Waals surface area contributed by atoms with Gasteiger partial charge in [0.15, 0.2) is 0 Å². The van der Waals surface area contributed by atoms with Gasteiger partial charge < -0.3 is 20.9 Å². The largest absolute Gasteiger partial charge is 0.491 e. The Balaban J connectivity index is 2.72. The molecule has 0 aliphatic heterocycles. The van der Waals surface area contributed by atoms with E-state index in [1.54, 1.807) is 6.07 Å². The van der Waals surface area contributed by atoms with Crippen molar-refractivity contribution in [1.82, 2.24) is 0 Å². The zero-order chi connectivity index (χ0) is 12.0. The second-order valence-corrected chi connectivity index (χ2v) is 3.83. The third-order valence-electron chi connectivity index (χ3n) is 2.16. The number of nitrogens with one attached hydrogen (secondary N) is 1. The number of benzene rings is 1. The lowest BCUT2D eigenvalue weighted by atomic mass is 10.2. The maximum atomic E-state index is 8.94. The van der Waals surface area contributed by atoms with Gasteiger partial charge in [-0.2, -0.15) is 0 Å². The zero-order valence-corrected chi connectivity index (χ0v) is 9.86. The molecule has 0 aliphatic carbocycles. The quantitative estimate of drug-likeness (QED) is 0.645. The summed E-state index contributed by atoms with van der Waals surface area (Å²) in [5.41, 5.74) is 7.33. The van der Waals surface area contributed by atoms with Crippen molar-refractivity contribution in [3.8, 4) is 5.75 Å². The first-order valence-corrected chi connectivity index (χ1v) is 5.57. The average molecular weight is 224 g/mol. The molecule has 0 amide bonds. The smallest absolute Gasteiger partial charge is 0.144 e. The van der Waals surface area contributed by atoms with Crippen LogP contribution in [0.15, 0.2) is 18.2 Å². The van der Waals surface area contributed by atoms with E-state index in [9.17, 15) is 0 Å². The van der Waals surface area contributed by atoms with Crippen LogP contribution in [-0.2, 0) is 0 Å². The van der Waals surface area contributed by atoms with Crippen molar-refractivity contribution in [3.05, 3.63) is 18.2 Å². The van der Waals surface area contributed by atoms with Crippen LogP contribution in [0.4, 0.5) is 11.4 Å². The summed E-state index contributed by atoms with van der Waals surface area (Å²) in [6.07, 6.45) is 0.949. The van der Waals surface area contributed by atoms with Gasteiger partial charge in [0.25, 0.3) is 0 Å². The predicted molar refractivity (Wildman–Crippen MR) is 66.8 cm³/mol. The Kier molecular flexibility index (Phi) is 4.92. The van der Waals surface area contributed by atoms with Crippen molar-refractivity contribution in [2.24, 2.45) is 0 Å². The Hall–Kier alpha value is -1.42. The fraction of sp³-hybridized carbons (Fsp3) is 0.500. The highest BCUT2D eigenvalue weighted by atomic mass is 16.5. The molecule has 4 N–H and O–H groups in total. The molecule has 90 valence electrons. The first-order chi connectivity index (χ1) is 7.67. The molecule has 4 nitrogen and oxygen atoms in total. The van der Waals surface area contributed by atoms with Gasteiger partial charge in [0, 0.05) is 17.8 Å². The summed E-state index contributed by atoms with van der Waals surface area (Å²) in [6, 6.07) is 5.55. The molecule has 0 heterocycles. The highest BCUT2D eigenvalue weighted by molar-refractivity contribution is 5.61. The molecule has 0 aliphatic rings. The fourth-order valence-electron chi connectivity index (χ4n) is 1.29. The predicted octanol–water partition coefficient (Wildman–Crippen LogP) is 1.85. The number of nitrogens with two attached hydrogens (primary N) is 1. The Morgan fingerprint density at radius 3 is 2.88 bits per heavy atom. The lowest BCUT2D eigenvalue weighted by molar-refractivity contribution is 0.281. The molecule has 0 fully saturated rings. The number of hydrogen-bond acceptors (Lipinski definition) is 4. The summed E-state index contributed by atoms with van der Waals surface area (Å²) in [6.45, 7) is 4.70. The van der Waals surface area contributed by atoms with E-state index in [1.165, 1.54) is 0 Å². The van der Waals surface area contributed by atoms with Gasteiger partial charge >= 0.3 is 0 Å². The van der Waals surface area contributed by atoms with Gasteiger partial charge in [-0.05, 0) is 25.5 Å². The van der Waals surface area contributed by atoms with Crippen LogP contribution in [0.2, 0.25) is 0 Å². The average Bonchev–Trinajstić information content (AvgIpc) is 2.29. The van der Waals surface area contributed by atoms with Crippen LogP contribution in [0.1, 0.15) is 20.3 Å². The van der Waals surface area contributed by atoms with Crippen molar-refractivity contribution in [3.63, 3.8) is 0 Å². The lowest BCUT2D eigenvalue weighted by Gasteiger charge is -2.14. The molecule has 1 unspecified atom stereocenters. The molecular formula is C12H20N2O2. The van der Waals surface area contributed by atoms with E-state index in [0.29, 0.717) is 18.0 Å². The van der Waals surface area contributed by atoms with Gasteiger partial charge in [-0.25, -0.2) is 0 Å². The van der Waals surface area contributed by atoms with Crippen molar-refractivity contribution in [2.45, 2.75) is 26.3 Å². The van der Waals surface area contributed by atoms with Crippen LogP contribution in [0.25, 0.3) is 0 Å². The van der Waals surface area contributed by atoms with Crippen LogP contribution in [-0.4, -0.2) is 24.4 Å². The molecule has 1 rings (SSSR count). The highest BCUT2D eigenvalue weighted by Crippen LogP contribution is 2.25. The van der Waals surface area contributed by atoms with E-state index in [2.05, 4.69) is 5.32 Å². The number of aliphatic hydroxyl groups is 1. The minimum Gasteiger partial charge on any atom is -0.491 e. The topological polar surface area (TPSA) is 67.5 Å². The van der Waals surface area contributed by atoms with Crippen molar-refractivity contribution < 1.29 is 9.84 Å². The molecule has 0 bridgehead atoms. The molecule has 16 heavy (non-hydrogen) atoms. The molecule has 0 spiro atoms. The van der Waals surface area contributed by atoms with E-state index in [4.69, 9.17) is 15.6 Å². The van der Waals surface area contributed by atoms with Gasteiger partial charge in [0.05, 0.1) is 18.9 Å². The fourth-order valence-corrected chi connectivity index (χ4v) is 1.29.